The number of anilines is 1. The third-order valence-electron chi connectivity index (χ3n) is 3.76. The molecule has 0 spiro atoms. The second-order valence-electron chi connectivity index (χ2n) is 5.77. The molecule has 1 heterocycles. The fourth-order valence-corrected chi connectivity index (χ4v) is 2.44. The normalized spacial score (nSPS) is 10.8. The van der Waals surface area contributed by atoms with Gasteiger partial charge in [-0.2, -0.15) is 0 Å². The van der Waals surface area contributed by atoms with Crippen molar-refractivity contribution in [1.29, 1.82) is 0 Å². The molecule has 0 aliphatic heterocycles. The fraction of sp³-hybridized carbons (Fsp3) is 0.0952. The van der Waals surface area contributed by atoms with Gasteiger partial charge in [0.1, 0.15) is 5.69 Å². The van der Waals surface area contributed by atoms with E-state index in [0.717, 1.165) is 16.7 Å². The molecule has 0 saturated carbocycles. The first kappa shape index (κ1) is 17.5. The van der Waals surface area contributed by atoms with Crippen LogP contribution in [0.15, 0.2) is 60.8 Å². The van der Waals surface area contributed by atoms with Gasteiger partial charge in [-0.3, -0.25) is 4.79 Å². The van der Waals surface area contributed by atoms with Gasteiger partial charge in [-0.1, -0.05) is 60.7 Å². The van der Waals surface area contributed by atoms with Crippen molar-refractivity contribution in [3.05, 3.63) is 77.6 Å². The predicted molar refractivity (Wildman–Crippen MR) is 103 cm³/mol. The molecule has 3 rings (SSSR count). The molecule has 2 aromatic carbocycles. The molecule has 0 unspecified atom stereocenters. The Morgan fingerprint density at radius 3 is 2.46 bits per heavy atom. The summed E-state index contributed by atoms with van der Waals surface area (Å²) in [5, 5.41) is 11.9. The molecule has 2 N–H and O–H groups in total. The van der Waals surface area contributed by atoms with Gasteiger partial charge >= 0.3 is 0 Å². The monoisotopic (exact) mass is 345 g/mol. The van der Waals surface area contributed by atoms with E-state index in [0.29, 0.717) is 17.2 Å². The zero-order valence-electron chi connectivity index (χ0n) is 14.4. The first-order chi connectivity index (χ1) is 12.7. The number of aromatic nitrogens is 2. The van der Waals surface area contributed by atoms with Crippen molar-refractivity contribution in [2.24, 2.45) is 0 Å². The van der Waals surface area contributed by atoms with Gasteiger partial charge in [0, 0.05) is 12.5 Å². The highest BCUT2D eigenvalue weighted by atomic mass is 16.3. The molecule has 3 aromatic rings. The molecule has 0 atom stereocenters. The number of aliphatic hydroxyl groups is 1. The predicted octanol–water partition coefficient (Wildman–Crippen LogP) is 3.76. The van der Waals surface area contributed by atoms with E-state index in [9.17, 15) is 4.79 Å². The Balaban J connectivity index is 1.97. The number of benzene rings is 2. The summed E-state index contributed by atoms with van der Waals surface area (Å²) < 4.78 is 0. The first-order valence-corrected chi connectivity index (χ1v) is 8.23. The van der Waals surface area contributed by atoms with Gasteiger partial charge < -0.3 is 10.4 Å². The molecule has 0 saturated heterocycles. The lowest BCUT2D eigenvalue weighted by Crippen LogP contribution is -2.10. The van der Waals surface area contributed by atoms with E-state index < -0.39 is 0 Å². The van der Waals surface area contributed by atoms with E-state index in [1.54, 1.807) is 6.20 Å². The summed E-state index contributed by atoms with van der Waals surface area (Å²) in [6.45, 7) is 1.44. The van der Waals surface area contributed by atoms with E-state index in [4.69, 9.17) is 5.11 Å². The maximum atomic E-state index is 11.4. The highest BCUT2D eigenvalue weighted by molar-refractivity contribution is 5.90. The first-order valence-electron chi connectivity index (χ1n) is 8.23. The zero-order chi connectivity index (χ0) is 18.4. The topological polar surface area (TPSA) is 75.1 Å². The standard InChI is InChI=1S/C21H19N3O2/c1-15(26)23-21-19(12-9-16-5-3-2-4-6-16)24-20(13-22-21)18-10-7-17(14-25)8-11-18/h2-13,25H,14H2,1H3,(H,22,23,26). The number of hydrogen-bond donors (Lipinski definition) is 2. The van der Waals surface area contributed by atoms with E-state index in [1.807, 2.05) is 66.7 Å². The minimum absolute atomic E-state index is 0.00150. The van der Waals surface area contributed by atoms with Crippen molar-refractivity contribution in [2.75, 3.05) is 5.32 Å². The second kappa shape index (κ2) is 8.18. The third kappa shape index (κ3) is 4.40. The molecule has 0 aliphatic carbocycles. The maximum Gasteiger partial charge on any atom is 0.222 e. The van der Waals surface area contributed by atoms with Crippen LogP contribution in [0.1, 0.15) is 23.7 Å². The van der Waals surface area contributed by atoms with Gasteiger partial charge in [0.25, 0.3) is 0 Å². The van der Waals surface area contributed by atoms with E-state index in [2.05, 4.69) is 15.3 Å². The quantitative estimate of drug-likeness (QED) is 0.738. The third-order valence-corrected chi connectivity index (χ3v) is 3.76. The summed E-state index contributed by atoms with van der Waals surface area (Å²) in [4.78, 5) is 20.4. The fourth-order valence-electron chi connectivity index (χ4n) is 2.44. The number of hydrogen-bond acceptors (Lipinski definition) is 4. The molecule has 0 fully saturated rings. The van der Waals surface area contributed by atoms with Crippen LogP contribution in [0, 0.1) is 0 Å². The van der Waals surface area contributed by atoms with Crippen LogP contribution in [0.5, 0.6) is 0 Å². The van der Waals surface area contributed by atoms with Crippen LogP contribution < -0.4 is 5.32 Å². The number of amides is 1. The van der Waals surface area contributed by atoms with Crippen LogP contribution in [0.4, 0.5) is 5.82 Å². The van der Waals surface area contributed by atoms with E-state index in [-0.39, 0.29) is 12.5 Å². The Labute approximate surface area is 152 Å². The average molecular weight is 345 g/mol. The molecular formula is C21H19N3O2. The summed E-state index contributed by atoms with van der Waals surface area (Å²) in [7, 11) is 0. The molecule has 0 aliphatic rings. The number of nitrogens with zero attached hydrogens (tertiary/aromatic N) is 2. The van der Waals surface area contributed by atoms with Gasteiger partial charge in [-0.05, 0) is 17.2 Å². The van der Waals surface area contributed by atoms with Gasteiger partial charge in [0.2, 0.25) is 5.91 Å². The van der Waals surface area contributed by atoms with Crippen molar-refractivity contribution in [1.82, 2.24) is 9.97 Å². The summed E-state index contributed by atoms with van der Waals surface area (Å²) in [5.41, 5.74) is 4.02. The lowest BCUT2D eigenvalue weighted by Gasteiger charge is -2.08. The largest absolute Gasteiger partial charge is 0.392 e. The van der Waals surface area contributed by atoms with E-state index >= 15 is 0 Å². The van der Waals surface area contributed by atoms with Gasteiger partial charge in [-0.25, -0.2) is 9.97 Å². The molecule has 5 heteroatoms. The molecule has 130 valence electrons. The number of carbonyl (C=O) groups is 1. The molecule has 0 radical (unpaired) electrons. The maximum absolute atomic E-state index is 11.4. The minimum atomic E-state index is -0.200. The van der Waals surface area contributed by atoms with Crippen LogP contribution >= 0.6 is 0 Å². The summed E-state index contributed by atoms with van der Waals surface area (Å²) in [5.74, 6) is 0.217. The zero-order valence-corrected chi connectivity index (χ0v) is 14.4. The average Bonchev–Trinajstić information content (AvgIpc) is 2.68. The minimum Gasteiger partial charge on any atom is -0.392 e. The van der Waals surface area contributed by atoms with Gasteiger partial charge in [0.05, 0.1) is 18.5 Å². The van der Waals surface area contributed by atoms with E-state index in [1.165, 1.54) is 6.92 Å². The van der Waals surface area contributed by atoms with Gasteiger partial charge in [0.15, 0.2) is 5.82 Å². The van der Waals surface area contributed by atoms with Crippen LogP contribution in [-0.2, 0) is 11.4 Å². The molecule has 26 heavy (non-hydrogen) atoms. The smallest absolute Gasteiger partial charge is 0.222 e. The molecule has 5 nitrogen and oxygen atoms in total. The molecule has 1 amide bonds. The Morgan fingerprint density at radius 2 is 1.81 bits per heavy atom. The van der Waals surface area contributed by atoms with Crippen molar-refractivity contribution in [3.8, 4) is 11.3 Å². The summed E-state index contributed by atoms with van der Waals surface area (Å²) >= 11 is 0. The number of carbonyl (C=O) groups excluding carboxylic acids is 1. The van der Waals surface area contributed by atoms with Gasteiger partial charge in [-0.15, -0.1) is 0 Å². The molecule has 1 aromatic heterocycles. The lowest BCUT2D eigenvalue weighted by molar-refractivity contribution is -0.114. The highest BCUT2D eigenvalue weighted by Crippen LogP contribution is 2.22. The number of nitrogens with one attached hydrogen (secondary N) is 1. The van der Waals surface area contributed by atoms with Crippen LogP contribution in [-0.4, -0.2) is 21.0 Å². The van der Waals surface area contributed by atoms with Crippen molar-refractivity contribution >= 4 is 23.9 Å². The Kier molecular flexibility index (Phi) is 5.51. The Morgan fingerprint density at radius 1 is 1.08 bits per heavy atom. The molecule has 0 bridgehead atoms. The van der Waals surface area contributed by atoms with Crippen LogP contribution in [0.25, 0.3) is 23.4 Å². The number of rotatable bonds is 5. The van der Waals surface area contributed by atoms with Crippen LogP contribution in [0.2, 0.25) is 0 Å². The SMILES string of the molecule is CC(=O)Nc1ncc(-c2ccc(CO)cc2)nc1C=Cc1ccccc1. The van der Waals surface area contributed by atoms with Crippen molar-refractivity contribution in [3.63, 3.8) is 0 Å². The Bertz CT molecular complexity index is 920. The second-order valence-corrected chi connectivity index (χ2v) is 5.77. The van der Waals surface area contributed by atoms with Crippen molar-refractivity contribution in [2.45, 2.75) is 13.5 Å². The Hall–Kier alpha value is -3.31. The van der Waals surface area contributed by atoms with Crippen LogP contribution in [0.3, 0.4) is 0 Å². The highest BCUT2D eigenvalue weighted by Gasteiger charge is 2.08. The summed E-state index contributed by atoms with van der Waals surface area (Å²) in [6.07, 6.45) is 5.38. The lowest BCUT2D eigenvalue weighted by atomic mass is 10.1. The van der Waals surface area contributed by atoms with Crippen molar-refractivity contribution < 1.29 is 9.90 Å². The summed E-state index contributed by atoms with van der Waals surface area (Å²) in [6, 6.07) is 17.3. The number of aliphatic hydroxyl groups excluding tert-OH is 1. The molecular weight excluding hydrogens is 326 g/mol.